The van der Waals surface area contributed by atoms with Crippen LogP contribution in [-0.2, 0) is 13.1 Å². The Labute approximate surface area is 122 Å². The maximum absolute atomic E-state index is 2.52. The molecule has 0 aromatic heterocycles. The maximum Gasteiger partial charge on any atom is 0.0707 e. The lowest BCUT2D eigenvalue weighted by atomic mass is 9.99. The second-order valence-electron chi connectivity index (χ2n) is 6.09. The normalized spacial score (nSPS) is 20.0. The molecule has 2 aliphatic heterocycles. The van der Waals surface area contributed by atoms with E-state index in [-0.39, 0.29) is 0 Å². The molecule has 0 spiro atoms. The molecule has 0 fully saturated rings. The van der Waals surface area contributed by atoms with Gasteiger partial charge in [-0.1, -0.05) is 6.07 Å². The number of rotatable bonds is 2. The van der Waals surface area contributed by atoms with Gasteiger partial charge in [0.25, 0.3) is 0 Å². The number of fused-ring (bicyclic) bond motifs is 3. The van der Waals surface area contributed by atoms with Crippen molar-refractivity contribution in [2.45, 2.75) is 26.9 Å². The molecule has 0 radical (unpaired) electrons. The molecule has 4 nitrogen and oxygen atoms in total. The topological polar surface area (TPSA) is 13.0 Å². The first-order valence-electron chi connectivity index (χ1n) is 7.65. The second kappa shape index (κ2) is 5.26. The summed E-state index contributed by atoms with van der Waals surface area (Å²) in [6, 6.07) is 4.66. The number of benzene rings is 1. The van der Waals surface area contributed by atoms with Crippen LogP contribution in [0.3, 0.4) is 0 Å². The lowest BCUT2D eigenvalue weighted by Gasteiger charge is -2.43. The SMILES string of the molecule is CCN1CN(C)Cc2c1ccc1c2N(CC)CN(C)C1. The van der Waals surface area contributed by atoms with Crippen LogP contribution < -0.4 is 9.80 Å². The van der Waals surface area contributed by atoms with Gasteiger partial charge >= 0.3 is 0 Å². The number of nitrogens with zero attached hydrogens (tertiary/aromatic N) is 4. The highest BCUT2D eigenvalue weighted by atomic mass is 15.3. The molecule has 4 heteroatoms. The predicted molar refractivity (Wildman–Crippen MR) is 85.2 cm³/mol. The van der Waals surface area contributed by atoms with Crippen LogP contribution in [0.5, 0.6) is 0 Å². The van der Waals surface area contributed by atoms with Crippen molar-refractivity contribution >= 4 is 11.4 Å². The molecular weight excluding hydrogens is 248 g/mol. The van der Waals surface area contributed by atoms with E-state index in [2.05, 4.69) is 59.7 Å². The average molecular weight is 274 g/mol. The molecule has 20 heavy (non-hydrogen) atoms. The summed E-state index contributed by atoms with van der Waals surface area (Å²) in [4.78, 5) is 9.80. The van der Waals surface area contributed by atoms with E-state index in [1.54, 1.807) is 0 Å². The van der Waals surface area contributed by atoms with Crippen molar-refractivity contribution in [3.63, 3.8) is 0 Å². The quantitative estimate of drug-likeness (QED) is 0.819. The fourth-order valence-electron chi connectivity index (χ4n) is 3.57. The van der Waals surface area contributed by atoms with Crippen LogP contribution in [0.1, 0.15) is 25.0 Å². The molecule has 1 aromatic carbocycles. The van der Waals surface area contributed by atoms with E-state index in [1.165, 1.54) is 22.5 Å². The smallest absolute Gasteiger partial charge is 0.0707 e. The van der Waals surface area contributed by atoms with Gasteiger partial charge in [0.05, 0.1) is 13.3 Å². The number of hydrogen-bond acceptors (Lipinski definition) is 4. The Bertz CT molecular complexity index is 499. The molecule has 0 saturated carbocycles. The van der Waals surface area contributed by atoms with Crippen LogP contribution >= 0.6 is 0 Å². The summed E-state index contributed by atoms with van der Waals surface area (Å²) >= 11 is 0. The third kappa shape index (κ3) is 2.17. The average Bonchev–Trinajstić information content (AvgIpc) is 2.44. The lowest BCUT2D eigenvalue weighted by molar-refractivity contribution is 0.297. The zero-order chi connectivity index (χ0) is 14.3. The van der Waals surface area contributed by atoms with Crippen molar-refractivity contribution < 1.29 is 0 Å². The maximum atomic E-state index is 2.52. The highest BCUT2D eigenvalue weighted by Crippen LogP contribution is 2.39. The molecule has 1 aromatic rings. The van der Waals surface area contributed by atoms with E-state index in [9.17, 15) is 0 Å². The summed E-state index contributed by atoms with van der Waals surface area (Å²) in [5, 5.41) is 0. The lowest BCUT2D eigenvalue weighted by Crippen LogP contribution is -2.44. The second-order valence-corrected chi connectivity index (χ2v) is 6.09. The summed E-state index contributed by atoms with van der Waals surface area (Å²) in [5.41, 5.74) is 5.93. The molecule has 3 rings (SSSR count). The summed E-state index contributed by atoms with van der Waals surface area (Å²) in [6.07, 6.45) is 0. The highest BCUT2D eigenvalue weighted by molar-refractivity contribution is 5.72. The first-order chi connectivity index (χ1) is 9.63. The summed E-state index contributed by atoms with van der Waals surface area (Å²) in [6.45, 7) is 10.8. The monoisotopic (exact) mass is 274 g/mol. The zero-order valence-electron chi connectivity index (χ0n) is 13.2. The van der Waals surface area contributed by atoms with Crippen molar-refractivity contribution in [1.29, 1.82) is 0 Å². The molecule has 110 valence electrons. The third-order valence-corrected chi connectivity index (χ3v) is 4.45. The minimum absolute atomic E-state index is 1.04. The molecular formula is C16H26N4. The van der Waals surface area contributed by atoms with Crippen LogP contribution in [0.2, 0.25) is 0 Å². The Morgan fingerprint density at radius 2 is 1.55 bits per heavy atom. The van der Waals surface area contributed by atoms with Gasteiger partial charge in [0, 0.05) is 43.1 Å². The third-order valence-electron chi connectivity index (χ3n) is 4.45. The fourth-order valence-corrected chi connectivity index (χ4v) is 3.57. The molecule has 0 bridgehead atoms. The van der Waals surface area contributed by atoms with E-state index >= 15 is 0 Å². The van der Waals surface area contributed by atoms with E-state index in [1.807, 2.05) is 0 Å². The summed E-state index contributed by atoms with van der Waals surface area (Å²) in [5.74, 6) is 0. The van der Waals surface area contributed by atoms with Gasteiger partial charge in [0.15, 0.2) is 0 Å². The van der Waals surface area contributed by atoms with E-state index in [4.69, 9.17) is 0 Å². The van der Waals surface area contributed by atoms with E-state index in [0.717, 1.165) is 39.5 Å². The van der Waals surface area contributed by atoms with Crippen LogP contribution in [0.15, 0.2) is 12.1 Å². The van der Waals surface area contributed by atoms with E-state index in [0.29, 0.717) is 0 Å². The minimum atomic E-state index is 1.04. The van der Waals surface area contributed by atoms with Crippen molar-refractivity contribution in [2.24, 2.45) is 0 Å². The Morgan fingerprint density at radius 3 is 2.25 bits per heavy atom. The van der Waals surface area contributed by atoms with Crippen LogP contribution in [0, 0.1) is 0 Å². The molecule has 0 aliphatic carbocycles. The van der Waals surface area contributed by atoms with Gasteiger partial charge in [-0.2, -0.15) is 0 Å². The zero-order valence-corrected chi connectivity index (χ0v) is 13.2. The summed E-state index contributed by atoms with van der Waals surface area (Å²) < 4.78 is 0. The van der Waals surface area contributed by atoms with Crippen molar-refractivity contribution in [2.75, 3.05) is 50.3 Å². The molecule has 0 N–H and O–H groups in total. The molecule has 0 unspecified atom stereocenters. The molecule has 2 aliphatic rings. The first-order valence-corrected chi connectivity index (χ1v) is 7.65. The Kier molecular flexibility index (Phi) is 3.61. The fraction of sp³-hybridized carbons (Fsp3) is 0.625. The largest absolute Gasteiger partial charge is 0.358 e. The Hall–Kier alpha value is -1.26. The van der Waals surface area contributed by atoms with Crippen molar-refractivity contribution in [3.8, 4) is 0 Å². The molecule has 0 saturated heterocycles. The van der Waals surface area contributed by atoms with Gasteiger partial charge in [-0.25, -0.2) is 0 Å². The van der Waals surface area contributed by atoms with Gasteiger partial charge in [0.1, 0.15) is 0 Å². The number of hydrogen-bond donors (Lipinski definition) is 0. The highest BCUT2D eigenvalue weighted by Gasteiger charge is 2.28. The molecule has 0 atom stereocenters. The van der Waals surface area contributed by atoms with Gasteiger partial charge in [0.2, 0.25) is 0 Å². The predicted octanol–water partition coefficient (Wildman–Crippen LogP) is 2.14. The van der Waals surface area contributed by atoms with Gasteiger partial charge in [-0.15, -0.1) is 0 Å². The van der Waals surface area contributed by atoms with Gasteiger partial charge in [-0.3, -0.25) is 9.80 Å². The molecule has 2 heterocycles. The Morgan fingerprint density at radius 1 is 0.900 bits per heavy atom. The van der Waals surface area contributed by atoms with Crippen LogP contribution in [0.25, 0.3) is 0 Å². The molecule has 0 amide bonds. The van der Waals surface area contributed by atoms with Crippen LogP contribution in [-0.4, -0.2) is 50.3 Å². The summed E-state index contributed by atoms with van der Waals surface area (Å²) in [7, 11) is 4.42. The Balaban J connectivity index is 2.12. The standard InChI is InChI=1S/C16H26N4/c1-5-19-11-18(4)10-14-15(19)8-7-13-9-17(3)12-20(6-2)16(13)14/h7-8H,5-6,9-12H2,1-4H3. The number of anilines is 2. The minimum Gasteiger partial charge on any atom is -0.358 e. The van der Waals surface area contributed by atoms with Crippen molar-refractivity contribution in [3.05, 3.63) is 23.3 Å². The van der Waals surface area contributed by atoms with Crippen LogP contribution in [0.4, 0.5) is 11.4 Å². The first kappa shape index (κ1) is 13.7. The van der Waals surface area contributed by atoms with E-state index < -0.39 is 0 Å². The van der Waals surface area contributed by atoms with Gasteiger partial charge < -0.3 is 9.80 Å². The van der Waals surface area contributed by atoms with Gasteiger partial charge in [-0.05, 0) is 39.6 Å². The van der Waals surface area contributed by atoms with Crippen molar-refractivity contribution in [1.82, 2.24) is 9.80 Å².